The monoisotopic (exact) mass is 273 g/mol. The fourth-order valence-corrected chi connectivity index (χ4v) is 6.42. The molecule has 0 heterocycles. The molecule has 3 N–H and O–H groups in total. The largest absolute Gasteiger partial charge is 0.330 e. The number of hydrogen-bond acceptors (Lipinski definition) is 3. The number of hydrogen-bond donors (Lipinski definition) is 2. The summed E-state index contributed by atoms with van der Waals surface area (Å²) in [4.78, 5) is 0. The second-order valence-corrected chi connectivity index (χ2v) is 8.46. The molecule has 4 aliphatic rings. The Kier molecular flexibility index (Phi) is 2.99. The van der Waals surface area contributed by atoms with E-state index in [1.54, 1.807) is 0 Å². The predicted molar refractivity (Wildman–Crippen MR) is 69.6 cm³/mol. The summed E-state index contributed by atoms with van der Waals surface area (Å²) >= 11 is 0. The summed E-state index contributed by atoms with van der Waals surface area (Å²) < 4.78 is 31.5. The van der Waals surface area contributed by atoms with Gasteiger partial charge >= 0.3 is 0 Å². The molecule has 104 valence electrons. The van der Waals surface area contributed by atoms with Gasteiger partial charge in [-0.25, -0.2) is 0 Å². The van der Waals surface area contributed by atoms with Crippen molar-refractivity contribution in [2.45, 2.75) is 38.5 Å². The normalized spacial score (nSPS) is 44.2. The molecule has 0 aromatic heterocycles. The molecule has 0 radical (unpaired) electrons. The van der Waals surface area contributed by atoms with E-state index >= 15 is 0 Å². The highest BCUT2D eigenvalue weighted by molar-refractivity contribution is 7.85. The van der Waals surface area contributed by atoms with Crippen LogP contribution in [-0.2, 0) is 10.1 Å². The van der Waals surface area contributed by atoms with Crippen LogP contribution in [0.2, 0.25) is 0 Å². The highest BCUT2D eigenvalue weighted by Crippen LogP contribution is 2.62. The van der Waals surface area contributed by atoms with Gasteiger partial charge in [0.1, 0.15) is 0 Å². The van der Waals surface area contributed by atoms with Crippen molar-refractivity contribution < 1.29 is 13.0 Å². The lowest BCUT2D eigenvalue weighted by Crippen LogP contribution is -2.52. The lowest BCUT2D eigenvalue weighted by molar-refractivity contribution is -0.0803. The molecule has 0 aromatic rings. The van der Waals surface area contributed by atoms with Crippen LogP contribution in [0.3, 0.4) is 0 Å². The van der Waals surface area contributed by atoms with Gasteiger partial charge in [-0.05, 0) is 74.2 Å². The van der Waals surface area contributed by atoms with E-state index < -0.39 is 10.1 Å². The molecule has 4 bridgehead atoms. The molecule has 4 aliphatic carbocycles. The van der Waals surface area contributed by atoms with Gasteiger partial charge in [0.15, 0.2) is 0 Å². The number of nitrogens with two attached hydrogens (primary N) is 1. The summed E-state index contributed by atoms with van der Waals surface area (Å²) in [5, 5.41) is 0. The summed E-state index contributed by atoms with van der Waals surface area (Å²) in [6, 6.07) is 0. The van der Waals surface area contributed by atoms with E-state index in [4.69, 9.17) is 10.3 Å². The molecular weight excluding hydrogens is 250 g/mol. The molecule has 18 heavy (non-hydrogen) atoms. The van der Waals surface area contributed by atoms with Gasteiger partial charge < -0.3 is 5.73 Å². The average Bonchev–Trinajstić information content (AvgIpc) is 2.22. The van der Waals surface area contributed by atoms with E-state index in [2.05, 4.69) is 0 Å². The van der Waals surface area contributed by atoms with Crippen molar-refractivity contribution in [1.29, 1.82) is 0 Å². The first kappa shape index (κ1) is 12.9. The van der Waals surface area contributed by atoms with Crippen molar-refractivity contribution >= 4 is 10.1 Å². The Hall–Kier alpha value is -0.130. The fraction of sp³-hybridized carbons (Fsp3) is 1.00. The van der Waals surface area contributed by atoms with Gasteiger partial charge in [-0.3, -0.25) is 4.55 Å². The zero-order valence-corrected chi connectivity index (χ0v) is 11.5. The first-order chi connectivity index (χ1) is 8.40. The van der Waals surface area contributed by atoms with Crippen molar-refractivity contribution in [3.05, 3.63) is 0 Å². The molecule has 0 amide bonds. The molecule has 4 fully saturated rings. The minimum absolute atomic E-state index is 0.0547. The predicted octanol–water partition coefficient (Wildman–Crippen LogP) is 1.67. The van der Waals surface area contributed by atoms with Crippen LogP contribution in [0.5, 0.6) is 0 Å². The van der Waals surface area contributed by atoms with Gasteiger partial charge in [0.05, 0.1) is 5.75 Å². The highest BCUT2D eigenvalue weighted by Gasteiger charge is 2.54. The minimum atomic E-state index is -3.91. The standard InChI is InChI=1S/C13H23NO3S/c14-7-12(8-18(15,16)17)13-4-9-1-10(5-13)3-11(2-9)6-13/h9-12H,1-8,14H2,(H,15,16,17). The van der Waals surface area contributed by atoms with Crippen LogP contribution in [0.1, 0.15) is 38.5 Å². The molecular formula is C13H23NO3S. The third-order valence-electron chi connectivity index (χ3n) is 5.65. The molecule has 0 aromatic carbocycles. The van der Waals surface area contributed by atoms with Gasteiger partial charge in [0.2, 0.25) is 0 Å². The second kappa shape index (κ2) is 4.18. The first-order valence-electron chi connectivity index (χ1n) is 7.05. The van der Waals surface area contributed by atoms with Crippen molar-refractivity contribution in [3.63, 3.8) is 0 Å². The van der Waals surface area contributed by atoms with Gasteiger partial charge in [-0.2, -0.15) is 8.42 Å². The van der Waals surface area contributed by atoms with Crippen LogP contribution in [0.15, 0.2) is 0 Å². The fourth-order valence-electron chi connectivity index (χ4n) is 5.43. The van der Waals surface area contributed by atoms with E-state index in [0.717, 1.165) is 37.0 Å². The maximum Gasteiger partial charge on any atom is 0.265 e. The van der Waals surface area contributed by atoms with Crippen LogP contribution < -0.4 is 5.73 Å². The number of rotatable bonds is 4. The molecule has 4 nitrogen and oxygen atoms in total. The Morgan fingerprint density at radius 1 is 1.11 bits per heavy atom. The average molecular weight is 273 g/mol. The van der Waals surface area contributed by atoms with Gasteiger partial charge in [-0.1, -0.05) is 0 Å². The Bertz CT molecular complexity index is 396. The molecule has 4 rings (SSSR count). The van der Waals surface area contributed by atoms with E-state index in [1.807, 2.05) is 0 Å². The molecule has 4 saturated carbocycles. The van der Waals surface area contributed by atoms with Crippen molar-refractivity contribution in [3.8, 4) is 0 Å². The molecule has 1 atom stereocenters. The SMILES string of the molecule is NCC(CS(=O)(=O)O)C12CC3CC(CC(C3)C1)C2. The van der Waals surface area contributed by atoms with Crippen molar-refractivity contribution in [2.75, 3.05) is 12.3 Å². The molecule has 5 heteroatoms. The lowest BCUT2D eigenvalue weighted by Gasteiger charge is -2.59. The Labute approximate surface area is 109 Å². The van der Waals surface area contributed by atoms with Crippen molar-refractivity contribution in [2.24, 2.45) is 34.8 Å². The third kappa shape index (κ3) is 2.21. The second-order valence-electron chi connectivity index (χ2n) is 6.96. The van der Waals surface area contributed by atoms with E-state index in [-0.39, 0.29) is 17.1 Å². The van der Waals surface area contributed by atoms with Crippen LogP contribution >= 0.6 is 0 Å². The summed E-state index contributed by atoms with van der Waals surface area (Å²) in [5.74, 6) is 2.15. The van der Waals surface area contributed by atoms with Gasteiger partial charge in [0.25, 0.3) is 10.1 Å². The van der Waals surface area contributed by atoms with E-state index in [9.17, 15) is 8.42 Å². The molecule has 0 saturated heterocycles. The summed E-state index contributed by atoms with van der Waals surface area (Å²) in [6.45, 7) is 0.381. The highest BCUT2D eigenvalue weighted by atomic mass is 32.2. The molecule has 0 aliphatic heterocycles. The van der Waals surface area contributed by atoms with Crippen LogP contribution in [-0.4, -0.2) is 25.3 Å². The summed E-state index contributed by atoms with van der Waals surface area (Å²) in [7, 11) is -3.91. The smallest absolute Gasteiger partial charge is 0.265 e. The topological polar surface area (TPSA) is 80.4 Å². The molecule has 0 spiro atoms. The minimum Gasteiger partial charge on any atom is -0.330 e. The van der Waals surface area contributed by atoms with Crippen LogP contribution in [0.4, 0.5) is 0 Å². The molecule has 1 unspecified atom stereocenters. The maximum absolute atomic E-state index is 11.2. The van der Waals surface area contributed by atoms with Crippen LogP contribution in [0.25, 0.3) is 0 Å². The third-order valence-corrected chi connectivity index (χ3v) is 6.47. The van der Waals surface area contributed by atoms with Gasteiger partial charge in [0, 0.05) is 0 Å². The van der Waals surface area contributed by atoms with E-state index in [1.165, 1.54) is 19.3 Å². The maximum atomic E-state index is 11.2. The lowest BCUT2D eigenvalue weighted by atomic mass is 9.46. The first-order valence-corrected chi connectivity index (χ1v) is 8.66. The zero-order valence-electron chi connectivity index (χ0n) is 10.7. The van der Waals surface area contributed by atoms with E-state index in [0.29, 0.717) is 6.54 Å². The Balaban J connectivity index is 1.85. The Morgan fingerprint density at radius 3 is 1.89 bits per heavy atom. The van der Waals surface area contributed by atoms with Crippen LogP contribution in [0, 0.1) is 29.1 Å². The Morgan fingerprint density at radius 2 is 1.56 bits per heavy atom. The summed E-state index contributed by atoms with van der Waals surface area (Å²) in [6.07, 6.45) is 7.41. The summed E-state index contributed by atoms with van der Waals surface area (Å²) in [5.41, 5.74) is 5.94. The van der Waals surface area contributed by atoms with Gasteiger partial charge in [-0.15, -0.1) is 0 Å². The quantitative estimate of drug-likeness (QED) is 0.763. The van der Waals surface area contributed by atoms with Crippen molar-refractivity contribution in [1.82, 2.24) is 0 Å². The zero-order chi connectivity index (χ0) is 13.0.